The van der Waals surface area contributed by atoms with Crippen LogP contribution in [0.4, 0.5) is 5.69 Å². The van der Waals surface area contributed by atoms with Crippen molar-refractivity contribution in [1.82, 2.24) is 4.90 Å². The third kappa shape index (κ3) is 4.12. The number of methoxy groups -OCH3 is 1. The number of anilines is 1. The molecular weight excluding hydrogens is 332 g/mol. The molecule has 7 heteroatoms. The Kier molecular flexibility index (Phi) is 6.31. The Labute approximate surface area is 146 Å². The van der Waals surface area contributed by atoms with E-state index in [1.54, 1.807) is 0 Å². The van der Waals surface area contributed by atoms with Gasteiger partial charge in [-0.3, -0.25) is 4.79 Å². The molecule has 0 bridgehead atoms. The molecule has 1 aliphatic rings. The lowest BCUT2D eigenvalue weighted by Gasteiger charge is -2.35. The summed E-state index contributed by atoms with van der Waals surface area (Å²) >= 11 is 5.95. The standard InChI is InChI=1S/C17H23ClN2O4/c1-3-11-6-4-5-7-20(11)16(21)10-24-17(22)12-8-13(18)14(19)9-15(12)23-2/h8-9,11H,3-7,10,19H2,1-2H3/t11-/m0/s1. The summed E-state index contributed by atoms with van der Waals surface area (Å²) in [6.45, 7) is 2.48. The maximum Gasteiger partial charge on any atom is 0.342 e. The van der Waals surface area contributed by atoms with E-state index in [1.807, 2.05) is 4.90 Å². The number of amides is 1. The van der Waals surface area contributed by atoms with Crippen molar-refractivity contribution in [2.24, 2.45) is 0 Å². The minimum atomic E-state index is -0.660. The maximum atomic E-state index is 12.4. The molecule has 1 aromatic carbocycles. The summed E-state index contributed by atoms with van der Waals surface area (Å²) in [4.78, 5) is 26.4. The van der Waals surface area contributed by atoms with Crippen LogP contribution < -0.4 is 10.5 Å². The molecule has 132 valence electrons. The first-order valence-electron chi connectivity index (χ1n) is 8.07. The van der Waals surface area contributed by atoms with Crippen molar-refractivity contribution in [2.45, 2.75) is 38.6 Å². The molecule has 24 heavy (non-hydrogen) atoms. The van der Waals surface area contributed by atoms with Crippen molar-refractivity contribution in [3.05, 3.63) is 22.7 Å². The number of hydrogen-bond acceptors (Lipinski definition) is 5. The van der Waals surface area contributed by atoms with Crippen molar-refractivity contribution in [1.29, 1.82) is 0 Å². The number of nitrogens with two attached hydrogens (primary N) is 1. The SMILES string of the molecule is CC[C@H]1CCCCN1C(=O)COC(=O)c1cc(Cl)c(N)cc1OC. The van der Waals surface area contributed by atoms with Crippen LogP contribution in [-0.4, -0.2) is 43.1 Å². The average molecular weight is 355 g/mol. The molecule has 1 aliphatic heterocycles. The summed E-state index contributed by atoms with van der Waals surface area (Å²) in [5.74, 6) is -0.568. The molecule has 2 N–H and O–H groups in total. The number of rotatable bonds is 5. The Morgan fingerprint density at radius 3 is 2.79 bits per heavy atom. The number of hydrogen-bond donors (Lipinski definition) is 1. The van der Waals surface area contributed by atoms with Crippen LogP contribution >= 0.6 is 11.6 Å². The number of esters is 1. The first kappa shape index (κ1) is 18.4. The average Bonchev–Trinajstić information content (AvgIpc) is 2.61. The number of nitrogen functional groups attached to an aromatic ring is 1. The van der Waals surface area contributed by atoms with Gasteiger partial charge >= 0.3 is 5.97 Å². The molecule has 0 aromatic heterocycles. The van der Waals surface area contributed by atoms with Gasteiger partial charge in [0.25, 0.3) is 5.91 Å². The minimum Gasteiger partial charge on any atom is -0.496 e. The Morgan fingerprint density at radius 1 is 1.38 bits per heavy atom. The molecule has 0 radical (unpaired) electrons. The van der Waals surface area contributed by atoms with Gasteiger partial charge in [0, 0.05) is 18.7 Å². The Hall–Kier alpha value is -1.95. The molecule has 0 aliphatic carbocycles. The zero-order chi connectivity index (χ0) is 17.7. The molecule has 1 aromatic rings. The number of likely N-dealkylation sites (tertiary alicyclic amines) is 1. The highest BCUT2D eigenvalue weighted by atomic mass is 35.5. The lowest BCUT2D eigenvalue weighted by atomic mass is 10.00. The summed E-state index contributed by atoms with van der Waals surface area (Å²) in [5, 5.41) is 0.233. The fourth-order valence-electron chi connectivity index (χ4n) is 2.94. The van der Waals surface area contributed by atoms with E-state index in [4.69, 9.17) is 26.8 Å². The van der Waals surface area contributed by atoms with Crippen LogP contribution in [0.15, 0.2) is 12.1 Å². The van der Waals surface area contributed by atoms with Gasteiger partial charge in [-0.15, -0.1) is 0 Å². The quantitative estimate of drug-likeness (QED) is 0.649. The summed E-state index contributed by atoms with van der Waals surface area (Å²) in [6, 6.07) is 3.07. The van der Waals surface area contributed by atoms with E-state index in [0.717, 1.165) is 25.7 Å². The second kappa shape index (κ2) is 8.24. The number of carbonyl (C=O) groups excluding carboxylic acids is 2. The minimum absolute atomic E-state index is 0.148. The van der Waals surface area contributed by atoms with Crippen LogP contribution in [0, 0.1) is 0 Å². The second-order valence-corrected chi connectivity index (χ2v) is 6.20. The van der Waals surface area contributed by atoms with E-state index < -0.39 is 5.97 Å². The van der Waals surface area contributed by atoms with Crippen LogP contribution in [0.5, 0.6) is 5.75 Å². The Bertz CT molecular complexity index is 621. The number of piperidine rings is 1. The number of nitrogens with zero attached hydrogens (tertiary/aromatic N) is 1. The fourth-order valence-corrected chi connectivity index (χ4v) is 3.10. The van der Waals surface area contributed by atoms with E-state index in [2.05, 4.69) is 6.92 Å². The molecule has 0 saturated carbocycles. The number of benzene rings is 1. The zero-order valence-electron chi connectivity index (χ0n) is 14.0. The van der Waals surface area contributed by atoms with Crippen LogP contribution in [0.3, 0.4) is 0 Å². The van der Waals surface area contributed by atoms with E-state index in [9.17, 15) is 9.59 Å². The van der Waals surface area contributed by atoms with E-state index >= 15 is 0 Å². The largest absolute Gasteiger partial charge is 0.496 e. The molecule has 0 unspecified atom stereocenters. The van der Waals surface area contributed by atoms with Gasteiger partial charge in [0.05, 0.1) is 17.8 Å². The third-order valence-corrected chi connectivity index (χ3v) is 4.61. The molecule has 1 fully saturated rings. The zero-order valence-corrected chi connectivity index (χ0v) is 14.8. The molecule has 1 amide bonds. The van der Waals surface area contributed by atoms with E-state index in [-0.39, 0.29) is 34.9 Å². The smallest absolute Gasteiger partial charge is 0.342 e. The first-order valence-corrected chi connectivity index (χ1v) is 8.45. The van der Waals surface area contributed by atoms with Gasteiger partial charge in [-0.1, -0.05) is 18.5 Å². The molecule has 6 nitrogen and oxygen atoms in total. The second-order valence-electron chi connectivity index (χ2n) is 5.80. The molecular formula is C17H23ClN2O4. The van der Waals surface area contributed by atoms with Gasteiger partial charge < -0.3 is 20.1 Å². The predicted molar refractivity (Wildman–Crippen MR) is 92.3 cm³/mol. The number of carbonyl (C=O) groups is 2. The predicted octanol–water partition coefficient (Wildman–Crippen LogP) is 2.88. The van der Waals surface area contributed by atoms with Gasteiger partial charge in [-0.25, -0.2) is 4.79 Å². The first-order chi connectivity index (χ1) is 11.5. The van der Waals surface area contributed by atoms with Gasteiger partial charge in [-0.2, -0.15) is 0 Å². The van der Waals surface area contributed by atoms with Gasteiger partial charge in [0.2, 0.25) is 0 Å². The van der Waals surface area contributed by atoms with Crippen molar-refractivity contribution in [2.75, 3.05) is 26.0 Å². The molecule has 0 spiro atoms. The highest BCUT2D eigenvalue weighted by Crippen LogP contribution is 2.29. The number of ether oxygens (including phenoxy) is 2. The van der Waals surface area contributed by atoms with Crippen LogP contribution in [-0.2, 0) is 9.53 Å². The van der Waals surface area contributed by atoms with Crippen molar-refractivity contribution in [3.63, 3.8) is 0 Å². The van der Waals surface area contributed by atoms with Crippen molar-refractivity contribution < 1.29 is 19.1 Å². The molecule has 1 saturated heterocycles. The Morgan fingerprint density at radius 2 is 2.12 bits per heavy atom. The summed E-state index contributed by atoms with van der Waals surface area (Å²) < 4.78 is 10.3. The summed E-state index contributed by atoms with van der Waals surface area (Å²) in [5.41, 5.74) is 6.14. The molecule has 1 heterocycles. The van der Waals surface area contributed by atoms with Crippen LogP contribution in [0.1, 0.15) is 43.0 Å². The topological polar surface area (TPSA) is 81.9 Å². The normalized spacial score (nSPS) is 17.5. The lowest BCUT2D eigenvalue weighted by Crippen LogP contribution is -2.45. The summed E-state index contributed by atoms with van der Waals surface area (Å²) in [6.07, 6.45) is 4.01. The van der Waals surface area contributed by atoms with Crippen molar-refractivity contribution >= 4 is 29.2 Å². The van der Waals surface area contributed by atoms with Crippen LogP contribution in [0.2, 0.25) is 5.02 Å². The highest BCUT2D eigenvalue weighted by Gasteiger charge is 2.26. The van der Waals surface area contributed by atoms with Crippen molar-refractivity contribution in [3.8, 4) is 5.75 Å². The van der Waals surface area contributed by atoms with Gasteiger partial charge in [0.1, 0.15) is 11.3 Å². The van der Waals surface area contributed by atoms with E-state index in [0.29, 0.717) is 12.2 Å². The third-order valence-electron chi connectivity index (χ3n) is 4.28. The van der Waals surface area contributed by atoms with Crippen LogP contribution in [0.25, 0.3) is 0 Å². The maximum absolute atomic E-state index is 12.4. The summed E-state index contributed by atoms with van der Waals surface area (Å²) in [7, 11) is 1.42. The molecule has 2 rings (SSSR count). The fraction of sp³-hybridized carbons (Fsp3) is 0.529. The van der Waals surface area contributed by atoms with Gasteiger partial charge in [0.15, 0.2) is 6.61 Å². The molecule has 1 atom stereocenters. The monoisotopic (exact) mass is 354 g/mol. The highest BCUT2D eigenvalue weighted by molar-refractivity contribution is 6.33. The van der Waals surface area contributed by atoms with E-state index in [1.165, 1.54) is 19.2 Å². The number of halogens is 1. The van der Waals surface area contributed by atoms with Gasteiger partial charge in [-0.05, 0) is 31.7 Å². The lowest BCUT2D eigenvalue weighted by molar-refractivity contribution is -0.138. The Balaban J connectivity index is 2.02.